The third-order valence-corrected chi connectivity index (χ3v) is 4.74. The summed E-state index contributed by atoms with van der Waals surface area (Å²) >= 11 is 0. The van der Waals surface area contributed by atoms with Crippen molar-refractivity contribution in [3.63, 3.8) is 0 Å². The minimum Gasteiger partial charge on any atom is -0.504 e. The molecule has 0 amide bonds. The smallest absolute Gasteiger partial charge is 0.339 e. The lowest BCUT2D eigenvalue weighted by Crippen LogP contribution is -2.36. The number of rotatable bonds is 6. The molecule has 1 N–H and O–H groups in total. The van der Waals surface area contributed by atoms with Gasteiger partial charge in [-0.2, -0.15) is 0 Å². The summed E-state index contributed by atoms with van der Waals surface area (Å²) in [7, 11) is 1.58. The van der Waals surface area contributed by atoms with Crippen molar-refractivity contribution in [1.29, 1.82) is 0 Å². The highest BCUT2D eigenvalue weighted by molar-refractivity contribution is 6.10. The summed E-state index contributed by atoms with van der Waals surface area (Å²) in [6.07, 6.45) is 2.55. The molecule has 2 atom stereocenters. The van der Waals surface area contributed by atoms with Crippen LogP contribution in [0.1, 0.15) is 30.4 Å². The molecule has 0 bridgehead atoms. The van der Waals surface area contributed by atoms with Gasteiger partial charge in [-0.15, -0.1) is 0 Å². The van der Waals surface area contributed by atoms with Crippen LogP contribution in [0, 0.1) is 0 Å². The summed E-state index contributed by atoms with van der Waals surface area (Å²) in [5, 5.41) is 10.5. The van der Waals surface area contributed by atoms with Gasteiger partial charge in [0, 0.05) is 5.92 Å². The van der Waals surface area contributed by atoms with Gasteiger partial charge in [0.15, 0.2) is 11.9 Å². The maximum atomic E-state index is 12.6. The molecule has 2 aromatic rings. The lowest BCUT2D eigenvalue weighted by molar-refractivity contribution is -0.151. The highest BCUT2D eigenvalue weighted by atomic mass is 16.6. The number of carbonyl (C=O) groups is 2. The fourth-order valence-electron chi connectivity index (χ4n) is 3.24. The van der Waals surface area contributed by atoms with E-state index in [1.807, 2.05) is 49.4 Å². The zero-order valence-electron chi connectivity index (χ0n) is 15.8. The Morgan fingerprint density at radius 1 is 1.11 bits per heavy atom. The molecule has 0 aliphatic carbocycles. The van der Waals surface area contributed by atoms with Crippen molar-refractivity contribution in [2.24, 2.45) is 0 Å². The van der Waals surface area contributed by atoms with Crippen LogP contribution in [0.3, 0.4) is 0 Å². The van der Waals surface area contributed by atoms with E-state index >= 15 is 0 Å². The zero-order valence-corrected chi connectivity index (χ0v) is 15.8. The van der Waals surface area contributed by atoms with Crippen LogP contribution >= 0.6 is 0 Å². The fourth-order valence-corrected chi connectivity index (χ4v) is 3.24. The second-order valence-corrected chi connectivity index (χ2v) is 6.46. The van der Waals surface area contributed by atoms with Crippen LogP contribution < -0.4 is 4.74 Å². The van der Waals surface area contributed by atoms with E-state index in [2.05, 4.69) is 0 Å². The molecule has 0 radical (unpaired) electrons. The molecule has 0 spiro atoms. The average Bonchev–Trinajstić information content (AvgIpc) is 2.73. The molecule has 2 aromatic carbocycles. The first kappa shape index (κ1) is 19.4. The monoisotopic (exact) mass is 378 g/mol. The minimum absolute atomic E-state index is 0.0211. The Labute approximate surface area is 163 Å². The zero-order chi connectivity index (χ0) is 20.1. The molecule has 0 saturated carbocycles. The van der Waals surface area contributed by atoms with Gasteiger partial charge < -0.3 is 14.6 Å². The van der Waals surface area contributed by atoms with Crippen LogP contribution in [0.25, 0.3) is 6.08 Å². The molecule has 0 saturated heterocycles. The van der Waals surface area contributed by atoms with E-state index in [0.29, 0.717) is 12.2 Å². The molecule has 28 heavy (non-hydrogen) atoms. The van der Waals surface area contributed by atoms with E-state index in [1.54, 1.807) is 25.3 Å². The van der Waals surface area contributed by atoms with Crippen LogP contribution in [0.4, 0.5) is 0 Å². The molecule has 0 aromatic heterocycles. The predicted molar refractivity (Wildman–Crippen MR) is 106 cm³/mol. The molecule has 0 fully saturated rings. The molecule has 144 valence electrons. The van der Waals surface area contributed by atoms with E-state index in [4.69, 9.17) is 9.47 Å². The Morgan fingerprint density at radius 3 is 2.39 bits per heavy atom. The maximum absolute atomic E-state index is 12.6. The largest absolute Gasteiger partial charge is 0.504 e. The van der Waals surface area contributed by atoms with E-state index in [1.165, 1.54) is 6.08 Å². The van der Waals surface area contributed by atoms with E-state index in [9.17, 15) is 14.7 Å². The Bertz CT molecular complexity index is 910. The molecule has 5 nitrogen and oxygen atoms in total. The number of aliphatic hydroxyl groups is 1. The number of cyclic esters (lactones) is 1. The number of esters is 1. The Hall–Kier alpha value is -3.34. The fraction of sp³-hybridized carbons (Fsp3) is 0.217. The highest BCUT2D eigenvalue weighted by Gasteiger charge is 2.38. The van der Waals surface area contributed by atoms with Crippen molar-refractivity contribution in [2.45, 2.75) is 25.4 Å². The van der Waals surface area contributed by atoms with Gasteiger partial charge in [0.05, 0.1) is 12.7 Å². The van der Waals surface area contributed by atoms with Crippen molar-refractivity contribution in [3.05, 3.63) is 83.1 Å². The van der Waals surface area contributed by atoms with E-state index < -0.39 is 29.5 Å². The SMILES string of the molecule is CCC(C1=C(O)C(=O)C(C=Cc2ccc(OC)cc2)OC1=O)c1ccccc1. The van der Waals surface area contributed by atoms with Crippen LogP contribution in [-0.4, -0.2) is 30.1 Å². The number of carbonyl (C=O) groups excluding carboxylic acids is 2. The maximum Gasteiger partial charge on any atom is 0.339 e. The molecule has 2 unspecified atom stereocenters. The first-order valence-corrected chi connectivity index (χ1v) is 9.10. The minimum atomic E-state index is -1.15. The third kappa shape index (κ3) is 3.98. The van der Waals surface area contributed by atoms with Gasteiger partial charge in [0.2, 0.25) is 5.78 Å². The van der Waals surface area contributed by atoms with Gasteiger partial charge in [-0.3, -0.25) is 4.79 Å². The summed E-state index contributed by atoms with van der Waals surface area (Å²) in [6.45, 7) is 1.89. The Balaban J connectivity index is 1.85. The molecule has 1 heterocycles. The Kier molecular flexibility index (Phi) is 5.94. The normalized spacial score (nSPS) is 18.3. The van der Waals surface area contributed by atoms with Gasteiger partial charge in [-0.1, -0.05) is 55.5 Å². The van der Waals surface area contributed by atoms with Crippen molar-refractivity contribution in [3.8, 4) is 5.75 Å². The van der Waals surface area contributed by atoms with Crippen molar-refractivity contribution < 1.29 is 24.2 Å². The molecule has 1 aliphatic rings. The number of hydrogen-bond acceptors (Lipinski definition) is 5. The number of ether oxygens (including phenoxy) is 2. The van der Waals surface area contributed by atoms with Gasteiger partial charge >= 0.3 is 5.97 Å². The van der Waals surface area contributed by atoms with E-state index in [0.717, 1.165) is 11.1 Å². The molecule has 1 aliphatic heterocycles. The molecular formula is C23H22O5. The van der Waals surface area contributed by atoms with Crippen molar-refractivity contribution in [1.82, 2.24) is 0 Å². The van der Waals surface area contributed by atoms with Gasteiger partial charge in [0.1, 0.15) is 5.75 Å². The molecule has 5 heteroatoms. The van der Waals surface area contributed by atoms with E-state index in [-0.39, 0.29) is 5.57 Å². The van der Waals surface area contributed by atoms with Crippen LogP contribution in [-0.2, 0) is 14.3 Å². The number of Topliss-reactive ketones (excluding diaryl/α,β-unsaturated/α-hetero) is 1. The highest BCUT2D eigenvalue weighted by Crippen LogP contribution is 2.33. The summed E-state index contributed by atoms with van der Waals surface area (Å²) < 4.78 is 10.4. The lowest BCUT2D eigenvalue weighted by Gasteiger charge is -2.26. The number of hydrogen-bond donors (Lipinski definition) is 1. The van der Waals surface area contributed by atoms with Crippen LogP contribution in [0.2, 0.25) is 0 Å². The van der Waals surface area contributed by atoms with Gasteiger partial charge in [-0.05, 0) is 35.8 Å². The van der Waals surface area contributed by atoms with Gasteiger partial charge in [0.25, 0.3) is 0 Å². The standard InChI is InChI=1S/C23H22O5/c1-3-18(16-7-5-4-6-8-16)20-22(25)21(24)19(28-23(20)26)14-11-15-9-12-17(27-2)13-10-15/h4-14,18-19,25H,3H2,1-2H3. The topological polar surface area (TPSA) is 72.8 Å². The molecule has 3 rings (SSSR count). The summed E-state index contributed by atoms with van der Waals surface area (Å²) in [6, 6.07) is 16.5. The second kappa shape index (κ2) is 8.57. The first-order chi connectivity index (χ1) is 13.5. The predicted octanol–water partition coefficient (Wildman–Crippen LogP) is 4.21. The van der Waals surface area contributed by atoms with Crippen LogP contribution in [0.5, 0.6) is 5.75 Å². The lowest BCUT2D eigenvalue weighted by atomic mass is 9.85. The quantitative estimate of drug-likeness (QED) is 0.763. The van der Waals surface area contributed by atoms with Gasteiger partial charge in [-0.25, -0.2) is 4.79 Å². The number of aliphatic hydroxyl groups excluding tert-OH is 1. The summed E-state index contributed by atoms with van der Waals surface area (Å²) in [5.41, 5.74) is 1.69. The van der Waals surface area contributed by atoms with Crippen LogP contribution in [0.15, 0.2) is 72.0 Å². The second-order valence-electron chi connectivity index (χ2n) is 6.46. The first-order valence-electron chi connectivity index (χ1n) is 9.10. The summed E-state index contributed by atoms with van der Waals surface area (Å²) in [4.78, 5) is 25.2. The Morgan fingerprint density at radius 2 is 1.79 bits per heavy atom. The average molecular weight is 378 g/mol. The molecular weight excluding hydrogens is 356 g/mol. The number of methoxy groups -OCH3 is 1. The number of benzene rings is 2. The summed E-state index contributed by atoms with van der Waals surface area (Å²) in [5.74, 6) is -1.49. The van der Waals surface area contributed by atoms with Crippen molar-refractivity contribution in [2.75, 3.05) is 7.11 Å². The van der Waals surface area contributed by atoms with Crippen molar-refractivity contribution >= 4 is 17.8 Å². The third-order valence-electron chi connectivity index (χ3n) is 4.74. The number of ketones is 1.